The van der Waals surface area contributed by atoms with E-state index in [0.717, 1.165) is 23.6 Å². The van der Waals surface area contributed by atoms with Crippen molar-refractivity contribution in [3.05, 3.63) is 54.0 Å². The van der Waals surface area contributed by atoms with Crippen LogP contribution in [0.4, 0.5) is 15.9 Å². The minimum absolute atomic E-state index is 0.233. The number of pyridine rings is 1. The molecule has 104 valence electrons. The van der Waals surface area contributed by atoms with Gasteiger partial charge in [0.15, 0.2) is 0 Å². The Morgan fingerprint density at radius 1 is 1.30 bits per heavy atom. The van der Waals surface area contributed by atoms with Gasteiger partial charge in [-0.3, -0.25) is 0 Å². The topological polar surface area (TPSA) is 28.2 Å². The number of nitrogens with zero attached hydrogens (tertiary/aromatic N) is 2. The van der Waals surface area contributed by atoms with E-state index >= 15 is 0 Å². The molecule has 1 heterocycles. The predicted molar refractivity (Wildman–Crippen MR) is 78.6 cm³/mol. The quantitative estimate of drug-likeness (QED) is 0.905. The van der Waals surface area contributed by atoms with E-state index in [1.165, 1.54) is 25.0 Å². The first-order valence-electron chi connectivity index (χ1n) is 6.90. The molecule has 0 atom stereocenters. The lowest BCUT2D eigenvalue weighted by molar-refractivity contribution is 0.628. The standard InChI is InChI=1S/C16H18FN3/c1-20(15-6-2-5-13(17)10-15)16-12(4-3-9-18-16)11-19-14-7-8-14/h2-6,9-10,14,19H,7-8,11H2,1H3. The van der Waals surface area contributed by atoms with Crippen molar-refractivity contribution in [2.75, 3.05) is 11.9 Å². The Labute approximate surface area is 118 Å². The average Bonchev–Trinajstić information content (AvgIpc) is 3.29. The molecule has 1 aromatic heterocycles. The molecular formula is C16H18FN3. The summed E-state index contributed by atoms with van der Waals surface area (Å²) in [5.74, 6) is 0.634. The number of benzene rings is 1. The van der Waals surface area contributed by atoms with Crippen molar-refractivity contribution < 1.29 is 4.39 Å². The smallest absolute Gasteiger partial charge is 0.137 e. The van der Waals surface area contributed by atoms with Crippen molar-refractivity contribution >= 4 is 11.5 Å². The monoisotopic (exact) mass is 271 g/mol. The first-order chi connectivity index (χ1) is 9.74. The van der Waals surface area contributed by atoms with E-state index in [2.05, 4.69) is 16.4 Å². The normalized spacial score (nSPS) is 14.3. The van der Waals surface area contributed by atoms with Gasteiger partial charge in [-0.2, -0.15) is 0 Å². The van der Waals surface area contributed by atoms with Crippen molar-refractivity contribution in [2.24, 2.45) is 0 Å². The highest BCUT2D eigenvalue weighted by Gasteiger charge is 2.21. The van der Waals surface area contributed by atoms with Crippen LogP contribution in [0.2, 0.25) is 0 Å². The molecule has 1 saturated carbocycles. The highest BCUT2D eigenvalue weighted by atomic mass is 19.1. The molecule has 0 amide bonds. The van der Waals surface area contributed by atoms with Crippen LogP contribution in [0.3, 0.4) is 0 Å². The summed E-state index contributed by atoms with van der Waals surface area (Å²) in [5.41, 5.74) is 1.93. The van der Waals surface area contributed by atoms with Crippen LogP contribution in [0.25, 0.3) is 0 Å². The maximum absolute atomic E-state index is 13.3. The largest absolute Gasteiger partial charge is 0.329 e. The third kappa shape index (κ3) is 2.96. The molecule has 0 spiro atoms. The summed E-state index contributed by atoms with van der Waals surface area (Å²) in [6.07, 6.45) is 4.29. The second-order valence-electron chi connectivity index (χ2n) is 5.18. The van der Waals surface area contributed by atoms with E-state index in [0.29, 0.717) is 6.04 Å². The van der Waals surface area contributed by atoms with E-state index in [1.807, 2.05) is 24.1 Å². The summed E-state index contributed by atoms with van der Waals surface area (Å²) in [6.45, 7) is 0.799. The molecule has 1 N–H and O–H groups in total. The molecule has 0 bridgehead atoms. The highest BCUT2D eigenvalue weighted by Crippen LogP contribution is 2.26. The Bertz CT molecular complexity index is 596. The molecule has 3 rings (SSSR count). The Kier molecular flexibility index (Phi) is 3.65. The number of hydrogen-bond acceptors (Lipinski definition) is 3. The number of hydrogen-bond donors (Lipinski definition) is 1. The second-order valence-corrected chi connectivity index (χ2v) is 5.18. The molecule has 2 aromatic rings. The molecule has 3 nitrogen and oxygen atoms in total. The zero-order chi connectivity index (χ0) is 13.9. The lowest BCUT2D eigenvalue weighted by atomic mass is 10.2. The Morgan fingerprint density at radius 3 is 2.90 bits per heavy atom. The van der Waals surface area contributed by atoms with Crippen LogP contribution in [0.15, 0.2) is 42.6 Å². The average molecular weight is 271 g/mol. The van der Waals surface area contributed by atoms with Crippen molar-refractivity contribution in [3.63, 3.8) is 0 Å². The number of anilines is 2. The molecule has 1 aromatic carbocycles. The number of nitrogens with one attached hydrogen (secondary N) is 1. The molecular weight excluding hydrogens is 253 g/mol. The summed E-state index contributed by atoms with van der Waals surface area (Å²) in [5, 5.41) is 3.49. The molecule has 0 aliphatic heterocycles. The predicted octanol–water partition coefficient (Wildman–Crippen LogP) is 3.24. The summed E-state index contributed by atoms with van der Waals surface area (Å²) in [4.78, 5) is 6.37. The van der Waals surface area contributed by atoms with Crippen molar-refractivity contribution in [2.45, 2.75) is 25.4 Å². The molecule has 0 unspecified atom stereocenters. The van der Waals surface area contributed by atoms with Gasteiger partial charge in [0.2, 0.25) is 0 Å². The fraction of sp³-hybridized carbons (Fsp3) is 0.312. The summed E-state index contributed by atoms with van der Waals surface area (Å²) < 4.78 is 13.3. The van der Waals surface area contributed by atoms with Crippen LogP contribution < -0.4 is 10.2 Å². The van der Waals surface area contributed by atoms with Gasteiger partial charge >= 0.3 is 0 Å². The maximum atomic E-state index is 13.3. The van der Waals surface area contributed by atoms with Crippen LogP contribution in [-0.2, 0) is 6.54 Å². The second kappa shape index (κ2) is 5.59. The fourth-order valence-electron chi connectivity index (χ4n) is 2.22. The fourth-order valence-corrected chi connectivity index (χ4v) is 2.22. The van der Waals surface area contributed by atoms with Gasteiger partial charge in [-0.05, 0) is 37.1 Å². The van der Waals surface area contributed by atoms with Crippen LogP contribution in [-0.4, -0.2) is 18.1 Å². The molecule has 0 saturated heterocycles. The minimum Gasteiger partial charge on any atom is -0.329 e. The summed E-state index contributed by atoms with van der Waals surface area (Å²) in [7, 11) is 1.91. The highest BCUT2D eigenvalue weighted by molar-refractivity contribution is 5.61. The van der Waals surface area contributed by atoms with Crippen LogP contribution in [0.5, 0.6) is 0 Å². The van der Waals surface area contributed by atoms with Crippen LogP contribution in [0.1, 0.15) is 18.4 Å². The van der Waals surface area contributed by atoms with Gasteiger partial charge in [-0.15, -0.1) is 0 Å². The van der Waals surface area contributed by atoms with Gasteiger partial charge in [-0.1, -0.05) is 12.1 Å². The van der Waals surface area contributed by atoms with E-state index in [9.17, 15) is 4.39 Å². The molecule has 4 heteroatoms. The van der Waals surface area contributed by atoms with Gasteiger partial charge in [0, 0.05) is 37.1 Å². The lowest BCUT2D eigenvalue weighted by Crippen LogP contribution is -2.19. The third-order valence-corrected chi connectivity index (χ3v) is 3.54. The van der Waals surface area contributed by atoms with E-state index in [-0.39, 0.29) is 5.82 Å². The maximum Gasteiger partial charge on any atom is 0.137 e. The van der Waals surface area contributed by atoms with Crippen molar-refractivity contribution in [1.82, 2.24) is 10.3 Å². The lowest BCUT2D eigenvalue weighted by Gasteiger charge is -2.21. The first-order valence-corrected chi connectivity index (χ1v) is 6.90. The zero-order valence-corrected chi connectivity index (χ0v) is 11.5. The van der Waals surface area contributed by atoms with E-state index in [1.54, 1.807) is 12.3 Å². The third-order valence-electron chi connectivity index (χ3n) is 3.54. The minimum atomic E-state index is -0.233. The molecule has 1 fully saturated rings. The van der Waals surface area contributed by atoms with E-state index in [4.69, 9.17) is 0 Å². The van der Waals surface area contributed by atoms with Gasteiger partial charge in [0.1, 0.15) is 11.6 Å². The summed E-state index contributed by atoms with van der Waals surface area (Å²) in [6, 6.07) is 11.2. The molecule has 1 aliphatic carbocycles. The van der Waals surface area contributed by atoms with Gasteiger partial charge in [0.05, 0.1) is 0 Å². The SMILES string of the molecule is CN(c1cccc(F)c1)c1ncccc1CNC1CC1. The molecule has 20 heavy (non-hydrogen) atoms. The first kappa shape index (κ1) is 13.1. The van der Waals surface area contributed by atoms with Crippen molar-refractivity contribution in [1.29, 1.82) is 0 Å². The van der Waals surface area contributed by atoms with Gasteiger partial charge in [-0.25, -0.2) is 9.37 Å². The number of halogens is 1. The van der Waals surface area contributed by atoms with Gasteiger partial charge < -0.3 is 10.2 Å². The Morgan fingerprint density at radius 2 is 2.15 bits per heavy atom. The summed E-state index contributed by atoms with van der Waals surface area (Å²) >= 11 is 0. The van der Waals surface area contributed by atoms with Crippen LogP contribution >= 0.6 is 0 Å². The molecule has 0 radical (unpaired) electrons. The Balaban J connectivity index is 1.84. The zero-order valence-electron chi connectivity index (χ0n) is 11.5. The van der Waals surface area contributed by atoms with Crippen molar-refractivity contribution in [3.8, 4) is 0 Å². The number of aromatic nitrogens is 1. The van der Waals surface area contributed by atoms with E-state index < -0.39 is 0 Å². The number of rotatable bonds is 5. The Hall–Kier alpha value is -1.94. The van der Waals surface area contributed by atoms with Gasteiger partial charge in [0.25, 0.3) is 0 Å². The molecule has 1 aliphatic rings. The van der Waals surface area contributed by atoms with Crippen LogP contribution in [0, 0.1) is 5.82 Å².